The van der Waals surface area contributed by atoms with Crippen LogP contribution in [0.3, 0.4) is 0 Å². The van der Waals surface area contributed by atoms with Crippen LogP contribution in [0.25, 0.3) is 0 Å². The smallest absolute Gasteiger partial charge is 0.343 e. The number of carboxylic acids is 1. The molecule has 8 heteroatoms. The van der Waals surface area contributed by atoms with Crippen LogP contribution in [-0.4, -0.2) is 34.5 Å². The number of nitrogens with zero attached hydrogens (tertiary/aromatic N) is 1. The highest BCUT2D eigenvalue weighted by Gasteiger charge is 2.23. The minimum Gasteiger partial charge on any atom is -0.477 e. The molecule has 1 amide bonds. The molecule has 0 saturated heterocycles. The molecule has 0 fully saturated rings. The summed E-state index contributed by atoms with van der Waals surface area (Å²) in [4.78, 5) is 32.9. The molecule has 0 heterocycles. The zero-order valence-electron chi connectivity index (χ0n) is 11.8. The number of nitrogens with one attached hydrogen (secondary N) is 2. The van der Waals surface area contributed by atoms with E-state index in [-0.39, 0.29) is 23.6 Å². The lowest BCUT2D eigenvalue weighted by Crippen LogP contribution is -2.41. The molecule has 0 bridgehead atoms. The summed E-state index contributed by atoms with van der Waals surface area (Å²) >= 11 is 0. The van der Waals surface area contributed by atoms with Gasteiger partial charge in [-0.1, -0.05) is 12.1 Å². The molecular weight excluding hydrogens is 278 g/mol. The molecule has 1 rings (SSSR count). The first-order valence-corrected chi connectivity index (χ1v) is 6.39. The number of hydrogen-bond acceptors (Lipinski definition) is 5. The second kappa shape index (κ2) is 7.34. The fourth-order valence-electron chi connectivity index (χ4n) is 1.82. The molecule has 0 aliphatic rings. The third-order valence-electron chi connectivity index (χ3n) is 2.88. The van der Waals surface area contributed by atoms with Gasteiger partial charge in [0.1, 0.15) is 5.56 Å². The number of nitro groups is 1. The maximum Gasteiger partial charge on any atom is 0.343 e. The monoisotopic (exact) mass is 295 g/mol. The molecule has 8 nitrogen and oxygen atoms in total. The van der Waals surface area contributed by atoms with Crippen molar-refractivity contribution in [1.29, 1.82) is 0 Å². The van der Waals surface area contributed by atoms with E-state index in [0.29, 0.717) is 6.54 Å². The molecule has 114 valence electrons. The van der Waals surface area contributed by atoms with Crippen LogP contribution in [0.1, 0.15) is 29.8 Å². The second-order valence-corrected chi connectivity index (χ2v) is 4.37. The fraction of sp³-hybridized carbons (Fsp3) is 0.385. The molecule has 1 aromatic carbocycles. The Morgan fingerprint density at radius 2 is 2.10 bits per heavy atom. The molecule has 3 N–H and O–H groups in total. The molecule has 1 aromatic rings. The maximum atomic E-state index is 11.6. The van der Waals surface area contributed by atoms with E-state index < -0.39 is 22.6 Å². The van der Waals surface area contributed by atoms with E-state index in [4.69, 9.17) is 5.11 Å². The van der Waals surface area contributed by atoms with Gasteiger partial charge in [0.2, 0.25) is 5.91 Å². The first-order chi connectivity index (χ1) is 9.88. The predicted molar refractivity (Wildman–Crippen MR) is 75.0 cm³/mol. The van der Waals surface area contributed by atoms with Crippen LogP contribution >= 0.6 is 0 Å². The molecule has 0 aliphatic heterocycles. The van der Waals surface area contributed by atoms with Crippen LogP contribution in [0.15, 0.2) is 18.2 Å². The summed E-state index contributed by atoms with van der Waals surface area (Å²) in [6.07, 6.45) is 0. The van der Waals surface area contributed by atoms with Crippen LogP contribution in [-0.2, 0) is 11.3 Å². The lowest BCUT2D eigenvalue weighted by atomic mass is 10.0. The molecule has 0 aromatic heterocycles. The molecule has 0 saturated carbocycles. The van der Waals surface area contributed by atoms with Crippen molar-refractivity contribution in [3.8, 4) is 0 Å². The zero-order valence-corrected chi connectivity index (χ0v) is 11.8. The van der Waals surface area contributed by atoms with E-state index >= 15 is 0 Å². The van der Waals surface area contributed by atoms with E-state index in [9.17, 15) is 19.7 Å². The van der Waals surface area contributed by atoms with Crippen molar-refractivity contribution in [2.75, 3.05) is 6.54 Å². The highest BCUT2D eigenvalue weighted by molar-refractivity contribution is 5.94. The summed E-state index contributed by atoms with van der Waals surface area (Å²) in [6.45, 7) is 3.94. The standard InChI is InChI=1S/C13H17N3O5/c1-3-14-12(17)8(2)15-7-9-5-4-6-10(16(20)21)11(9)13(18)19/h4-6,8,15H,3,7H2,1-2H3,(H,14,17)(H,18,19). The summed E-state index contributed by atoms with van der Waals surface area (Å²) < 4.78 is 0. The number of hydrogen-bond donors (Lipinski definition) is 3. The van der Waals surface area contributed by atoms with E-state index in [1.54, 1.807) is 13.8 Å². The van der Waals surface area contributed by atoms with E-state index in [1.165, 1.54) is 12.1 Å². The topological polar surface area (TPSA) is 122 Å². The van der Waals surface area contributed by atoms with Gasteiger partial charge in [0.15, 0.2) is 0 Å². The Bertz CT molecular complexity index is 559. The highest BCUT2D eigenvalue weighted by atomic mass is 16.6. The first kappa shape index (κ1) is 16.6. The van der Waals surface area contributed by atoms with Gasteiger partial charge in [-0.15, -0.1) is 0 Å². The van der Waals surface area contributed by atoms with Crippen molar-refractivity contribution in [2.45, 2.75) is 26.4 Å². The molecule has 0 radical (unpaired) electrons. The second-order valence-electron chi connectivity index (χ2n) is 4.37. The molecule has 0 spiro atoms. The Hall–Kier alpha value is -2.48. The normalized spacial score (nSPS) is 11.7. The summed E-state index contributed by atoms with van der Waals surface area (Å²) in [5, 5.41) is 25.5. The third-order valence-corrected chi connectivity index (χ3v) is 2.88. The van der Waals surface area contributed by atoms with Crippen molar-refractivity contribution in [2.24, 2.45) is 0 Å². The van der Waals surface area contributed by atoms with Gasteiger partial charge in [0.05, 0.1) is 11.0 Å². The minimum atomic E-state index is -1.37. The molecular formula is C13H17N3O5. The number of benzene rings is 1. The van der Waals surface area contributed by atoms with Crippen LogP contribution in [0, 0.1) is 10.1 Å². The van der Waals surface area contributed by atoms with Gasteiger partial charge in [-0.2, -0.15) is 0 Å². The van der Waals surface area contributed by atoms with Crippen LogP contribution in [0.4, 0.5) is 5.69 Å². The SMILES string of the molecule is CCNC(=O)C(C)NCc1cccc([N+](=O)[O-])c1C(=O)O. The number of nitro benzene ring substituents is 1. The van der Waals surface area contributed by atoms with Crippen LogP contribution < -0.4 is 10.6 Å². The predicted octanol–water partition coefficient (Wildman–Crippen LogP) is 0.907. The zero-order chi connectivity index (χ0) is 16.0. The summed E-state index contributed by atoms with van der Waals surface area (Å²) in [7, 11) is 0. The van der Waals surface area contributed by atoms with Gasteiger partial charge in [-0.3, -0.25) is 14.9 Å². The van der Waals surface area contributed by atoms with Gasteiger partial charge in [-0.05, 0) is 19.4 Å². The number of carbonyl (C=O) groups excluding carboxylic acids is 1. The molecule has 1 atom stereocenters. The Kier molecular flexibility index (Phi) is 5.79. The Morgan fingerprint density at radius 3 is 2.62 bits per heavy atom. The molecule has 0 aliphatic carbocycles. The van der Waals surface area contributed by atoms with Crippen molar-refractivity contribution >= 4 is 17.6 Å². The third kappa shape index (κ3) is 4.25. The van der Waals surface area contributed by atoms with Crippen molar-refractivity contribution in [3.05, 3.63) is 39.4 Å². The Labute approximate surface area is 121 Å². The minimum absolute atomic E-state index is 0.0433. The van der Waals surface area contributed by atoms with Crippen LogP contribution in [0.5, 0.6) is 0 Å². The quantitative estimate of drug-likeness (QED) is 0.507. The molecule has 1 unspecified atom stereocenters. The molecule has 21 heavy (non-hydrogen) atoms. The number of amides is 1. The van der Waals surface area contributed by atoms with Gasteiger partial charge >= 0.3 is 5.97 Å². The average Bonchev–Trinajstić information content (AvgIpc) is 2.44. The summed E-state index contributed by atoms with van der Waals surface area (Å²) in [6, 6.07) is 3.50. The number of carbonyl (C=O) groups is 2. The summed E-state index contributed by atoms with van der Waals surface area (Å²) in [5.41, 5.74) is -0.571. The maximum absolute atomic E-state index is 11.6. The lowest BCUT2D eigenvalue weighted by molar-refractivity contribution is -0.385. The largest absolute Gasteiger partial charge is 0.477 e. The van der Waals surface area contributed by atoms with Crippen molar-refractivity contribution < 1.29 is 19.6 Å². The van der Waals surface area contributed by atoms with E-state index in [0.717, 1.165) is 6.07 Å². The number of aromatic carboxylic acids is 1. The summed E-state index contributed by atoms with van der Waals surface area (Å²) in [5.74, 6) is -1.59. The highest BCUT2D eigenvalue weighted by Crippen LogP contribution is 2.22. The van der Waals surface area contributed by atoms with Gasteiger partial charge in [0.25, 0.3) is 5.69 Å². The number of carboxylic acid groups (broad SMARTS) is 1. The van der Waals surface area contributed by atoms with Gasteiger partial charge < -0.3 is 15.7 Å². The first-order valence-electron chi connectivity index (χ1n) is 6.39. The Balaban J connectivity index is 2.94. The number of likely N-dealkylation sites (N-methyl/N-ethyl adjacent to an activating group) is 1. The van der Waals surface area contributed by atoms with Crippen molar-refractivity contribution in [1.82, 2.24) is 10.6 Å². The Morgan fingerprint density at radius 1 is 1.43 bits per heavy atom. The average molecular weight is 295 g/mol. The van der Waals surface area contributed by atoms with Gasteiger partial charge in [0, 0.05) is 19.2 Å². The van der Waals surface area contributed by atoms with Crippen molar-refractivity contribution in [3.63, 3.8) is 0 Å². The van der Waals surface area contributed by atoms with E-state index in [1.807, 2.05) is 0 Å². The van der Waals surface area contributed by atoms with Gasteiger partial charge in [-0.25, -0.2) is 4.79 Å². The number of rotatable bonds is 7. The fourth-order valence-corrected chi connectivity index (χ4v) is 1.82. The van der Waals surface area contributed by atoms with Crippen LogP contribution in [0.2, 0.25) is 0 Å². The van der Waals surface area contributed by atoms with E-state index in [2.05, 4.69) is 10.6 Å². The lowest BCUT2D eigenvalue weighted by Gasteiger charge is -2.14.